The Morgan fingerprint density at radius 2 is 1.64 bits per heavy atom. The normalized spacial score (nSPS) is 29.0. The lowest BCUT2D eigenvalue weighted by molar-refractivity contribution is -0.0683. The Labute approximate surface area is 127 Å². The van der Waals surface area contributed by atoms with E-state index in [-0.39, 0.29) is 17.3 Å². The maximum Gasteiger partial charge on any atom is 0.250 e. The summed E-state index contributed by atoms with van der Waals surface area (Å²) in [6, 6.07) is 3.00. The molecule has 0 amide bonds. The fourth-order valence-corrected chi connectivity index (χ4v) is 3.93. The second-order valence-corrected chi connectivity index (χ2v) is 6.63. The summed E-state index contributed by atoms with van der Waals surface area (Å²) in [5.41, 5.74) is 0.567. The van der Waals surface area contributed by atoms with Gasteiger partial charge in [0.15, 0.2) is 0 Å². The predicted octanol–water partition coefficient (Wildman–Crippen LogP) is 1.84. The predicted molar refractivity (Wildman–Crippen MR) is 79.4 cm³/mol. The summed E-state index contributed by atoms with van der Waals surface area (Å²) in [5.74, 6) is -0.0332. The van der Waals surface area contributed by atoms with Crippen LogP contribution in [0.3, 0.4) is 0 Å². The molecule has 1 saturated heterocycles. The lowest BCUT2D eigenvalue weighted by Crippen LogP contribution is -2.18. The molecule has 1 fully saturated rings. The second kappa shape index (κ2) is 3.76. The largest absolute Gasteiger partial charge is 0.494 e. The Kier molecular flexibility index (Phi) is 2.30. The van der Waals surface area contributed by atoms with Crippen LogP contribution < -0.4 is 5.56 Å². The molecule has 2 aliphatic heterocycles. The monoisotopic (exact) mass is 302 g/mol. The molecule has 0 spiro atoms. The molecular formula is C16H18N2O4. The summed E-state index contributed by atoms with van der Waals surface area (Å²) in [4.78, 5) is 11.5. The molecule has 6 heteroatoms. The zero-order valence-electron chi connectivity index (χ0n) is 12.8. The van der Waals surface area contributed by atoms with Crippen molar-refractivity contribution in [3.8, 4) is 17.4 Å². The van der Waals surface area contributed by atoms with Gasteiger partial charge in [-0.3, -0.25) is 4.79 Å². The molecule has 22 heavy (non-hydrogen) atoms. The van der Waals surface area contributed by atoms with Crippen LogP contribution in [0, 0.1) is 0 Å². The first-order valence-corrected chi connectivity index (χ1v) is 7.32. The topological polar surface area (TPSA) is 76.6 Å². The highest BCUT2D eigenvalue weighted by Crippen LogP contribution is 2.64. The average molecular weight is 302 g/mol. The summed E-state index contributed by atoms with van der Waals surface area (Å²) < 4.78 is 8.86. The SMILES string of the molecule is Cn1cc(-n2c(O)c3c(c2O)[C@]2(C)CC[C@@]3(C)O2)ccc1=O. The first kappa shape index (κ1) is 13.5. The minimum absolute atomic E-state index is 0.0166. The van der Waals surface area contributed by atoms with Gasteiger partial charge in [-0.15, -0.1) is 0 Å². The molecule has 0 aliphatic carbocycles. The molecule has 4 rings (SSSR count). The number of aromatic nitrogens is 2. The minimum atomic E-state index is -0.572. The van der Waals surface area contributed by atoms with E-state index in [0.29, 0.717) is 16.8 Å². The molecule has 2 aromatic heterocycles. The summed E-state index contributed by atoms with van der Waals surface area (Å²) in [6.45, 7) is 3.88. The first-order chi connectivity index (χ1) is 10.3. The van der Waals surface area contributed by atoms with Gasteiger partial charge < -0.3 is 19.5 Å². The number of ether oxygens (including phenoxy) is 1. The van der Waals surface area contributed by atoms with E-state index in [1.165, 1.54) is 15.2 Å². The quantitative estimate of drug-likeness (QED) is 0.843. The van der Waals surface area contributed by atoms with E-state index < -0.39 is 11.2 Å². The molecule has 2 N–H and O–H groups in total. The Bertz CT molecular complexity index is 826. The minimum Gasteiger partial charge on any atom is -0.494 e. The van der Waals surface area contributed by atoms with Crippen molar-refractivity contribution < 1.29 is 14.9 Å². The summed E-state index contributed by atoms with van der Waals surface area (Å²) >= 11 is 0. The molecule has 0 saturated carbocycles. The van der Waals surface area contributed by atoms with Crippen LogP contribution in [-0.2, 0) is 23.0 Å². The third-order valence-electron chi connectivity index (χ3n) is 5.04. The average Bonchev–Trinajstić information content (AvgIpc) is 2.99. The molecule has 2 bridgehead atoms. The van der Waals surface area contributed by atoms with Crippen molar-refractivity contribution in [3.05, 3.63) is 39.8 Å². The number of nitrogens with zero attached hydrogens (tertiary/aromatic N) is 2. The van der Waals surface area contributed by atoms with Gasteiger partial charge in [-0.1, -0.05) is 0 Å². The van der Waals surface area contributed by atoms with E-state index in [9.17, 15) is 15.0 Å². The maximum atomic E-state index is 11.5. The zero-order chi connectivity index (χ0) is 15.9. The zero-order valence-corrected chi connectivity index (χ0v) is 12.8. The van der Waals surface area contributed by atoms with E-state index in [2.05, 4.69) is 0 Å². The van der Waals surface area contributed by atoms with Gasteiger partial charge in [0, 0.05) is 19.3 Å². The maximum absolute atomic E-state index is 11.5. The van der Waals surface area contributed by atoms with E-state index >= 15 is 0 Å². The van der Waals surface area contributed by atoms with E-state index in [4.69, 9.17) is 4.74 Å². The highest BCUT2D eigenvalue weighted by molar-refractivity contribution is 5.60. The van der Waals surface area contributed by atoms with Gasteiger partial charge in [-0.2, -0.15) is 0 Å². The highest BCUT2D eigenvalue weighted by atomic mass is 16.5. The molecule has 2 aromatic rings. The number of hydrogen-bond donors (Lipinski definition) is 2. The van der Waals surface area contributed by atoms with Gasteiger partial charge in [0.1, 0.15) is 0 Å². The van der Waals surface area contributed by atoms with E-state index in [1.807, 2.05) is 13.8 Å². The van der Waals surface area contributed by atoms with Crippen LogP contribution in [0.25, 0.3) is 5.69 Å². The van der Waals surface area contributed by atoms with Gasteiger partial charge in [-0.05, 0) is 32.8 Å². The van der Waals surface area contributed by atoms with Crippen molar-refractivity contribution in [2.75, 3.05) is 0 Å². The van der Waals surface area contributed by atoms with Crippen LogP contribution in [-0.4, -0.2) is 19.3 Å². The third-order valence-corrected chi connectivity index (χ3v) is 5.04. The van der Waals surface area contributed by atoms with Crippen LogP contribution in [0.5, 0.6) is 11.8 Å². The van der Waals surface area contributed by atoms with Crippen LogP contribution in [0.15, 0.2) is 23.1 Å². The van der Waals surface area contributed by atoms with Crippen molar-refractivity contribution in [1.82, 2.24) is 9.13 Å². The van der Waals surface area contributed by atoms with Gasteiger partial charge in [0.05, 0.1) is 28.0 Å². The van der Waals surface area contributed by atoms with Crippen LogP contribution in [0.4, 0.5) is 0 Å². The van der Waals surface area contributed by atoms with Crippen molar-refractivity contribution in [3.63, 3.8) is 0 Å². The Balaban J connectivity index is 2.02. The van der Waals surface area contributed by atoms with Crippen molar-refractivity contribution in [2.24, 2.45) is 7.05 Å². The lowest BCUT2D eigenvalue weighted by Gasteiger charge is -2.21. The van der Waals surface area contributed by atoms with Crippen molar-refractivity contribution in [1.29, 1.82) is 0 Å². The van der Waals surface area contributed by atoms with Gasteiger partial charge in [-0.25, -0.2) is 4.57 Å². The van der Waals surface area contributed by atoms with E-state index in [1.54, 1.807) is 19.3 Å². The number of hydrogen-bond acceptors (Lipinski definition) is 4. The summed E-state index contributed by atoms with van der Waals surface area (Å²) in [6.07, 6.45) is 3.20. The van der Waals surface area contributed by atoms with E-state index in [0.717, 1.165) is 12.8 Å². The van der Waals surface area contributed by atoms with Crippen LogP contribution in [0.1, 0.15) is 37.8 Å². The van der Waals surface area contributed by atoms with Crippen molar-refractivity contribution >= 4 is 0 Å². The summed E-state index contributed by atoms with van der Waals surface area (Å²) in [5, 5.41) is 21.4. The number of fused-ring (bicyclic) bond motifs is 5. The Morgan fingerprint density at radius 1 is 1.09 bits per heavy atom. The fourth-order valence-electron chi connectivity index (χ4n) is 3.93. The lowest BCUT2D eigenvalue weighted by atomic mass is 9.80. The Morgan fingerprint density at radius 3 is 2.14 bits per heavy atom. The van der Waals surface area contributed by atoms with Crippen LogP contribution in [0.2, 0.25) is 0 Å². The Hall–Kier alpha value is -2.21. The first-order valence-electron chi connectivity index (χ1n) is 7.32. The van der Waals surface area contributed by atoms with Gasteiger partial charge in [0.25, 0.3) is 0 Å². The smallest absolute Gasteiger partial charge is 0.250 e. The summed E-state index contributed by atoms with van der Waals surface area (Å²) in [7, 11) is 1.63. The molecular weight excluding hydrogens is 284 g/mol. The number of pyridine rings is 1. The van der Waals surface area contributed by atoms with Gasteiger partial charge in [0.2, 0.25) is 17.3 Å². The standard InChI is InChI=1S/C16H18N2O4/c1-15-6-7-16(2,22-15)12-11(15)13(20)18(14(12)21)9-4-5-10(19)17(3)8-9/h4-5,8,20-21H,6-7H2,1-3H3/t15-,16+. The fraction of sp³-hybridized carbons (Fsp3) is 0.438. The number of aryl methyl sites for hydroxylation is 1. The second-order valence-electron chi connectivity index (χ2n) is 6.63. The molecule has 4 heterocycles. The third kappa shape index (κ3) is 1.40. The number of rotatable bonds is 1. The number of aromatic hydroxyl groups is 2. The molecule has 2 atom stereocenters. The molecule has 0 radical (unpaired) electrons. The molecule has 0 aromatic carbocycles. The van der Waals surface area contributed by atoms with Crippen molar-refractivity contribution in [2.45, 2.75) is 37.9 Å². The van der Waals surface area contributed by atoms with Gasteiger partial charge >= 0.3 is 0 Å². The van der Waals surface area contributed by atoms with Crippen LogP contribution >= 0.6 is 0 Å². The molecule has 0 unspecified atom stereocenters. The molecule has 2 aliphatic rings. The molecule has 116 valence electrons. The molecule has 6 nitrogen and oxygen atoms in total. The highest BCUT2D eigenvalue weighted by Gasteiger charge is 2.59.